The lowest BCUT2D eigenvalue weighted by atomic mass is 10.1. The van der Waals surface area contributed by atoms with Crippen LogP contribution in [0.25, 0.3) is 0 Å². The Bertz CT molecular complexity index is 355. The van der Waals surface area contributed by atoms with Crippen molar-refractivity contribution in [2.24, 2.45) is 0 Å². The normalized spacial score (nSPS) is 22.1. The molecule has 1 aliphatic rings. The second-order valence-corrected chi connectivity index (χ2v) is 2.92. The highest BCUT2D eigenvalue weighted by Crippen LogP contribution is 2.42. The van der Waals surface area contributed by atoms with Crippen LogP contribution in [0.2, 0.25) is 0 Å². The molecule has 3 nitrogen and oxygen atoms in total. The first-order valence-corrected chi connectivity index (χ1v) is 3.63. The molecule has 0 aromatic carbocycles. The number of hydrogen-bond donors (Lipinski definition) is 1. The van der Waals surface area contributed by atoms with E-state index in [1.165, 1.54) is 0 Å². The topological polar surface area (TPSA) is 45.8 Å². The second-order valence-electron chi connectivity index (χ2n) is 2.92. The minimum atomic E-state index is -4.37. The molecule has 0 fully saturated rings. The first-order valence-electron chi connectivity index (χ1n) is 3.63. The van der Waals surface area contributed by atoms with Crippen LogP contribution in [0, 0.1) is 0 Å². The molecule has 1 aliphatic carbocycles. The van der Waals surface area contributed by atoms with Crippen molar-refractivity contribution < 1.29 is 18.0 Å². The smallest absolute Gasteiger partial charge is 0.294 e. The van der Waals surface area contributed by atoms with E-state index >= 15 is 0 Å². The van der Waals surface area contributed by atoms with E-state index in [0.29, 0.717) is 0 Å². The zero-order valence-electron chi connectivity index (χ0n) is 6.35. The Hall–Kier alpha value is -1.33. The molecule has 0 aliphatic heterocycles. The highest BCUT2D eigenvalue weighted by atomic mass is 19.4. The van der Waals surface area contributed by atoms with Gasteiger partial charge in [-0.05, 0) is 0 Å². The van der Waals surface area contributed by atoms with Crippen LogP contribution in [0.4, 0.5) is 13.2 Å². The Morgan fingerprint density at radius 1 is 1.54 bits per heavy atom. The van der Waals surface area contributed by atoms with Gasteiger partial charge in [0.15, 0.2) is 5.78 Å². The summed E-state index contributed by atoms with van der Waals surface area (Å²) >= 11 is 0. The van der Waals surface area contributed by atoms with Crippen molar-refractivity contribution in [3.8, 4) is 0 Å². The van der Waals surface area contributed by atoms with Gasteiger partial charge in [0, 0.05) is 6.42 Å². The quantitative estimate of drug-likeness (QED) is 0.675. The van der Waals surface area contributed by atoms with Gasteiger partial charge in [-0.3, -0.25) is 9.89 Å². The number of rotatable bonds is 0. The molecule has 0 radical (unpaired) electrons. The number of nitrogens with zero attached hydrogens (tertiary/aromatic N) is 1. The van der Waals surface area contributed by atoms with Gasteiger partial charge in [-0.2, -0.15) is 18.3 Å². The van der Waals surface area contributed by atoms with E-state index in [1.807, 2.05) is 0 Å². The third kappa shape index (κ3) is 1.13. The summed E-state index contributed by atoms with van der Waals surface area (Å²) in [5, 5.41) is 5.63. The zero-order valence-corrected chi connectivity index (χ0v) is 6.35. The molecule has 13 heavy (non-hydrogen) atoms. The number of Topliss-reactive ketones (excluding diaryl/α,β-unsaturated/α-hetero) is 1. The van der Waals surface area contributed by atoms with Crippen molar-refractivity contribution in [1.82, 2.24) is 10.2 Å². The first-order chi connectivity index (χ1) is 6.00. The number of halogens is 3. The summed E-state index contributed by atoms with van der Waals surface area (Å²) in [6, 6.07) is 0. The van der Waals surface area contributed by atoms with E-state index in [9.17, 15) is 18.0 Å². The average molecular weight is 190 g/mol. The van der Waals surface area contributed by atoms with Gasteiger partial charge >= 0.3 is 6.18 Å². The number of carbonyl (C=O) groups is 1. The summed E-state index contributed by atoms with van der Waals surface area (Å²) in [4.78, 5) is 11.0. The molecule has 0 spiro atoms. The van der Waals surface area contributed by atoms with Crippen LogP contribution < -0.4 is 0 Å². The minimum absolute atomic E-state index is 0.0716. The maximum absolute atomic E-state index is 12.3. The lowest BCUT2D eigenvalue weighted by molar-refractivity contribution is -0.149. The fourth-order valence-corrected chi connectivity index (χ4v) is 1.46. The molecule has 0 saturated heterocycles. The number of carbonyl (C=O) groups excluding carboxylic acids is 1. The number of nitrogens with one attached hydrogen (secondary N) is 1. The molecular formula is C7H5F3N2O. The monoisotopic (exact) mass is 190 g/mol. The van der Waals surface area contributed by atoms with E-state index in [1.54, 1.807) is 0 Å². The van der Waals surface area contributed by atoms with Crippen molar-refractivity contribution in [3.63, 3.8) is 0 Å². The van der Waals surface area contributed by atoms with Gasteiger partial charge in [-0.1, -0.05) is 0 Å². The number of fused-ring (bicyclic) bond motifs is 1. The molecule has 1 atom stereocenters. The summed E-state index contributed by atoms with van der Waals surface area (Å²) < 4.78 is 36.9. The number of ketones is 1. The first kappa shape index (κ1) is 8.28. The molecule has 1 aromatic rings. The lowest BCUT2D eigenvalue weighted by Gasteiger charge is -2.12. The van der Waals surface area contributed by atoms with Crippen LogP contribution in [0.3, 0.4) is 0 Å². The predicted octanol–water partition coefficient (Wildman–Crippen LogP) is 1.64. The fourth-order valence-electron chi connectivity index (χ4n) is 1.46. The maximum atomic E-state index is 12.3. The molecule has 0 bridgehead atoms. The largest absolute Gasteiger partial charge is 0.397 e. The highest BCUT2D eigenvalue weighted by Gasteiger charge is 2.48. The molecular weight excluding hydrogens is 185 g/mol. The zero-order chi connectivity index (χ0) is 9.64. The summed E-state index contributed by atoms with van der Waals surface area (Å²) in [6.45, 7) is 0. The summed E-state index contributed by atoms with van der Waals surface area (Å²) in [7, 11) is 0. The Morgan fingerprint density at radius 3 is 2.85 bits per heavy atom. The number of hydrogen-bond acceptors (Lipinski definition) is 2. The van der Waals surface area contributed by atoms with Gasteiger partial charge in [0.05, 0.1) is 17.5 Å². The highest BCUT2D eigenvalue weighted by molar-refractivity contribution is 6.00. The van der Waals surface area contributed by atoms with Gasteiger partial charge in [0.2, 0.25) is 0 Å². The van der Waals surface area contributed by atoms with E-state index in [0.717, 1.165) is 6.20 Å². The Kier molecular flexibility index (Phi) is 1.49. The van der Waals surface area contributed by atoms with Crippen LogP contribution in [0.15, 0.2) is 6.20 Å². The van der Waals surface area contributed by atoms with Crippen LogP contribution >= 0.6 is 0 Å². The fraction of sp³-hybridized carbons (Fsp3) is 0.429. The lowest BCUT2D eigenvalue weighted by Crippen LogP contribution is -2.19. The standard InChI is InChI=1S/C7H5F3N2O/c8-7(9,10)4-1-5(13)3-2-11-12-6(3)4/h2,4H,1H2,(H,11,12). The van der Waals surface area contributed by atoms with Gasteiger partial charge in [-0.25, -0.2) is 0 Å². The summed E-state index contributed by atoms with van der Waals surface area (Å²) in [5.41, 5.74) is -0.0279. The second kappa shape index (κ2) is 2.34. The van der Waals surface area contributed by atoms with Crippen LogP contribution in [0.5, 0.6) is 0 Å². The Morgan fingerprint density at radius 2 is 2.23 bits per heavy atom. The van der Waals surface area contributed by atoms with Gasteiger partial charge in [-0.15, -0.1) is 0 Å². The third-order valence-corrected chi connectivity index (χ3v) is 2.10. The van der Waals surface area contributed by atoms with E-state index in [4.69, 9.17) is 0 Å². The van der Waals surface area contributed by atoms with Crippen molar-refractivity contribution in [2.75, 3.05) is 0 Å². The molecule has 0 amide bonds. The molecule has 1 N–H and O–H groups in total. The van der Waals surface area contributed by atoms with Gasteiger partial charge in [0.1, 0.15) is 5.92 Å². The van der Waals surface area contributed by atoms with Crippen LogP contribution in [-0.2, 0) is 0 Å². The molecule has 0 saturated carbocycles. The van der Waals surface area contributed by atoms with Crippen molar-refractivity contribution >= 4 is 5.78 Å². The minimum Gasteiger partial charge on any atom is -0.294 e. The van der Waals surface area contributed by atoms with Gasteiger partial charge in [0.25, 0.3) is 0 Å². The number of aromatic nitrogens is 2. The van der Waals surface area contributed by atoms with E-state index in [-0.39, 0.29) is 11.3 Å². The molecule has 1 aromatic heterocycles. The SMILES string of the molecule is O=C1CC(C(F)(F)F)c2[nH]ncc21. The number of alkyl halides is 3. The molecule has 6 heteroatoms. The number of aromatic amines is 1. The van der Waals surface area contributed by atoms with Crippen molar-refractivity contribution in [2.45, 2.75) is 18.5 Å². The van der Waals surface area contributed by atoms with Crippen LogP contribution in [-0.4, -0.2) is 22.2 Å². The van der Waals surface area contributed by atoms with E-state index in [2.05, 4.69) is 10.2 Å². The van der Waals surface area contributed by atoms with E-state index < -0.39 is 24.3 Å². The molecule has 70 valence electrons. The number of H-pyrrole nitrogens is 1. The van der Waals surface area contributed by atoms with Gasteiger partial charge < -0.3 is 0 Å². The summed E-state index contributed by atoms with van der Waals surface area (Å²) in [5.74, 6) is -2.19. The summed E-state index contributed by atoms with van der Waals surface area (Å²) in [6.07, 6.45) is -3.72. The molecule has 2 rings (SSSR count). The maximum Gasteiger partial charge on any atom is 0.397 e. The predicted molar refractivity (Wildman–Crippen MR) is 36.3 cm³/mol. The molecule has 1 unspecified atom stereocenters. The van der Waals surface area contributed by atoms with Crippen molar-refractivity contribution in [1.29, 1.82) is 0 Å². The Labute approximate surface area is 70.9 Å². The van der Waals surface area contributed by atoms with Crippen LogP contribution in [0.1, 0.15) is 28.4 Å². The average Bonchev–Trinajstić information content (AvgIpc) is 2.51. The Balaban J connectivity index is 2.44. The molecule has 1 heterocycles. The third-order valence-electron chi connectivity index (χ3n) is 2.10. The van der Waals surface area contributed by atoms with Crippen molar-refractivity contribution in [3.05, 3.63) is 17.5 Å².